The average Bonchev–Trinajstić information content (AvgIpc) is 2.78. The van der Waals surface area contributed by atoms with Gasteiger partial charge in [0, 0.05) is 17.1 Å². The molecular formula is C11H10N6O3. The van der Waals surface area contributed by atoms with Crippen LogP contribution in [0.2, 0.25) is 0 Å². The van der Waals surface area contributed by atoms with E-state index in [0.29, 0.717) is 17.8 Å². The second-order valence-electron chi connectivity index (χ2n) is 4.22. The summed E-state index contributed by atoms with van der Waals surface area (Å²) in [6.45, 7) is 0. The van der Waals surface area contributed by atoms with Gasteiger partial charge in [0.25, 0.3) is 0 Å². The molecule has 2 aromatic rings. The summed E-state index contributed by atoms with van der Waals surface area (Å²) >= 11 is 0. The van der Waals surface area contributed by atoms with Crippen LogP contribution in [0.3, 0.4) is 0 Å². The van der Waals surface area contributed by atoms with Crippen molar-refractivity contribution in [3.8, 4) is 0 Å². The minimum Gasteiger partial charge on any atom is -0.671 e. The number of nitrogens with zero attached hydrogens (tertiary/aromatic N) is 5. The molecule has 0 saturated carbocycles. The van der Waals surface area contributed by atoms with Crippen molar-refractivity contribution in [3.63, 3.8) is 0 Å². The zero-order valence-corrected chi connectivity index (χ0v) is 10.2. The average molecular weight is 274 g/mol. The Bertz CT molecular complexity index is 735. The largest absolute Gasteiger partial charge is 0.671 e. The van der Waals surface area contributed by atoms with Gasteiger partial charge in [-0.2, -0.15) is 0 Å². The highest BCUT2D eigenvalue weighted by atomic mass is 16.5. The van der Waals surface area contributed by atoms with E-state index in [0.717, 1.165) is 4.63 Å². The quantitative estimate of drug-likeness (QED) is 0.532. The van der Waals surface area contributed by atoms with Gasteiger partial charge in [-0.25, -0.2) is 4.79 Å². The van der Waals surface area contributed by atoms with Gasteiger partial charge in [-0.05, 0) is 34.5 Å². The normalized spacial score (nSPS) is 17.8. The summed E-state index contributed by atoms with van der Waals surface area (Å²) in [5.41, 5.74) is 1.18. The van der Waals surface area contributed by atoms with Gasteiger partial charge in [0.1, 0.15) is 5.21 Å². The van der Waals surface area contributed by atoms with Crippen molar-refractivity contribution >= 4 is 11.6 Å². The lowest BCUT2D eigenvalue weighted by Gasteiger charge is -2.19. The summed E-state index contributed by atoms with van der Waals surface area (Å²) in [5, 5.41) is 34.2. The number of carboxylic acid groups (broad SMARTS) is 1. The Morgan fingerprint density at radius 3 is 3.20 bits per heavy atom. The molecule has 0 aliphatic carbocycles. The Hall–Kier alpha value is -2.97. The first-order valence-corrected chi connectivity index (χ1v) is 5.82. The number of tetrazole rings is 1. The topological polar surface area (TPSA) is 119 Å². The predicted molar refractivity (Wildman–Crippen MR) is 65.2 cm³/mol. The summed E-state index contributed by atoms with van der Waals surface area (Å²) in [4.78, 5) is 11.3. The lowest BCUT2D eigenvalue weighted by molar-refractivity contribution is -0.726. The van der Waals surface area contributed by atoms with E-state index in [-0.39, 0.29) is 16.6 Å². The van der Waals surface area contributed by atoms with Gasteiger partial charge < -0.3 is 15.6 Å². The minimum absolute atomic E-state index is 0.177. The molecule has 0 bridgehead atoms. The number of carbonyl (C=O) groups is 1. The van der Waals surface area contributed by atoms with Crippen LogP contribution in [0.4, 0.5) is 0 Å². The molecule has 9 nitrogen and oxygen atoms in total. The molecule has 3 rings (SSSR count). The van der Waals surface area contributed by atoms with E-state index in [1.54, 1.807) is 30.5 Å². The number of carboxylic acids is 1. The van der Waals surface area contributed by atoms with E-state index in [9.17, 15) is 10.0 Å². The van der Waals surface area contributed by atoms with Gasteiger partial charge in [-0.3, -0.25) is 0 Å². The van der Waals surface area contributed by atoms with Crippen LogP contribution in [0.5, 0.6) is 0 Å². The fraction of sp³-hybridized carbons (Fsp3) is 0.182. The smallest absolute Gasteiger partial charge is 0.333 e. The van der Waals surface area contributed by atoms with Crippen molar-refractivity contribution in [2.75, 3.05) is 0 Å². The Morgan fingerprint density at radius 2 is 2.40 bits per heavy atom. The molecule has 1 atom stereocenters. The Balaban J connectivity index is 1.87. The third-order valence-electron chi connectivity index (χ3n) is 2.91. The van der Waals surface area contributed by atoms with Gasteiger partial charge >= 0.3 is 11.6 Å². The zero-order chi connectivity index (χ0) is 14.1. The van der Waals surface area contributed by atoms with Crippen molar-refractivity contribution in [1.82, 2.24) is 25.4 Å². The number of aliphatic carboxylic acids is 1. The molecule has 3 heterocycles. The molecule has 20 heavy (non-hydrogen) atoms. The summed E-state index contributed by atoms with van der Waals surface area (Å²) in [6, 6.07) is 2.90. The summed E-state index contributed by atoms with van der Waals surface area (Å²) in [7, 11) is 0. The molecular weight excluding hydrogens is 264 g/mol. The molecule has 0 amide bonds. The van der Waals surface area contributed by atoms with Crippen molar-refractivity contribution in [3.05, 3.63) is 47.0 Å². The highest BCUT2D eigenvalue weighted by Gasteiger charge is 2.22. The number of allylic oxidation sites excluding steroid dienone is 2. The van der Waals surface area contributed by atoms with Gasteiger partial charge in [0.15, 0.2) is 0 Å². The molecule has 1 unspecified atom stereocenters. The molecule has 9 heteroatoms. The number of rotatable bonds is 3. The monoisotopic (exact) mass is 274 g/mol. The van der Waals surface area contributed by atoms with Crippen LogP contribution in [0, 0.1) is 5.21 Å². The molecule has 1 aliphatic heterocycles. The van der Waals surface area contributed by atoms with Crippen LogP contribution in [0.1, 0.15) is 5.69 Å². The molecule has 0 fully saturated rings. The summed E-state index contributed by atoms with van der Waals surface area (Å²) in [5.74, 6) is -0.980. The van der Waals surface area contributed by atoms with E-state index in [1.807, 2.05) is 0 Å². The van der Waals surface area contributed by atoms with Crippen LogP contribution < -0.4 is 10.3 Å². The predicted octanol–water partition coefficient (Wildman–Crippen LogP) is -1.20. The van der Waals surface area contributed by atoms with E-state index in [4.69, 9.17) is 5.11 Å². The molecule has 0 radical (unpaired) electrons. The highest BCUT2D eigenvalue weighted by molar-refractivity contribution is 5.88. The maximum absolute atomic E-state index is 11.1. The van der Waals surface area contributed by atoms with Crippen molar-refractivity contribution in [1.29, 1.82) is 0 Å². The summed E-state index contributed by atoms with van der Waals surface area (Å²) in [6.07, 6.45) is 5.21. The van der Waals surface area contributed by atoms with Crippen molar-refractivity contribution in [2.45, 2.75) is 12.5 Å². The minimum atomic E-state index is -0.980. The SMILES string of the molecule is O=C(O)C1=CC=CNC1Cc1ccc2n[n+]([O-])nn2n1. The van der Waals surface area contributed by atoms with Gasteiger partial charge in [0.05, 0.1) is 17.3 Å². The third-order valence-corrected chi connectivity index (χ3v) is 2.91. The van der Waals surface area contributed by atoms with Crippen molar-refractivity contribution < 1.29 is 14.9 Å². The number of dihydropyridines is 1. The molecule has 0 spiro atoms. The maximum atomic E-state index is 11.1. The molecule has 0 aromatic carbocycles. The molecule has 0 saturated heterocycles. The molecule has 102 valence electrons. The van der Waals surface area contributed by atoms with Gasteiger partial charge in [-0.1, -0.05) is 5.10 Å². The third kappa shape index (κ3) is 2.16. The number of hydrogen-bond donors (Lipinski definition) is 2. The number of fused-ring (bicyclic) bond motifs is 1. The molecule has 2 aromatic heterocycles. The molecule has 2 N–H and O–H groups in total. The van der Waals surface area contributed by atoms with E-state index in [2.05, 4.69) is 20.7 Å². The van der Waals surface area contributed by atoms with E-state index in [1.165, 1.54) is 0 Å². The fourth-order valence-corrected chi connectivity index (χ4v) is 2.00. The number of nitrogens with one attached hydrogen (secondary N) is 1. The van der Waals surface area contributed by atoms with Crippen LogP contribution >= 0.6 is 0 Å². The fourth-order valence-electron chi connectivity index (χ4n) is 2.00. The van der Waals surface area contributed by atoms with Crippen LogP contribution in [-0.4, -0.2) is 37.2 Å². The van der Waals surface area contributed by atoms with Crippen LogP contribution in [0.15, 0.2) is 36.1 Å². The first-order chi connectivity index (χ1) is 9.63. The Labute approximate surface area is 112 Å². The standard InChI is InChI=1S/C11H10N6O3/c18-11(19)8-2-1-5-12-9(8)6-7-3-4-10-14-17(20)15-16(10)13-7/h1-5,9,12H,6H2,(H,18,19). The maximum Gasteiger partial charge on any atom is 0.333 e. The molecule has 1 aliphatic rings. The van der Waals surface area contributed by atoms with Gasteiger partial charge in [-0.15, -0.1) is 0 Å². The van der Waals surface area contributed by atoms with Crippen LogP contribution in [-0.2, 0) is 11.2 Å². The second kappa shape index (κ2) is 4.61. The first-order valence-electron chi connectivity index (χ1n) is 5.82. The Morgan fingerprint density at radius 1 is 1.55 bits per heavy atom. The zero-order valence-electron chi connectivity index (χ0n) is 10.2. The first kappa shape index (κ1) is 12.1. The van der Waals surface area contributed by atoms with Crippen LogP contribution in [0.25, 0.3) is 5.65 Å². The number of hydrogen-bond acceptors (Lipinski definition) is 6. The number of aromatic nitrogens is 5. The Kier molecular flexibility index (Phi) is 2.78. The van der Waals surface area contributed by atoms with Crippen molar-refractivity contribution in [2.24, 2.45) is 0 Å². The van der Waals surface area contributed by atoms with E-state index < -0.39 is 5.97 Å². The second-order valence-corrected chi connectivity index (χ2v) is 4.22. The lowest BCUT2D eigenvalue weighted by Crippen LogP contribution is -2.34. The highest BCUT2D eigenvalue weighted by Crippen LogP contribution is 2.12. The lowest BCUT2D eigenvalue weighted by atomic mass is 10.00. The van der Waals surface area contributed by atoms with E-state index >= 15 is 0 Å². The summed E-state index contributed by atoms with van der Waals surface area (Å²) < 4.78 is 1.12. The van der Waals surface area contributed by atoms with Gasteiger partial charge in [0.2, 0.25) is 0 Å².